The maximum absolute atomic E-state index is 13.8. The molecule has 1 aromatic carbocycles. The minimum absolute atomic E-state index is 0.162. The maximum Gasteiger partial charge on any atom is 0.130 e. The van der Waals surface area contributed by atoms with Crippen LogP contribution in [0, 0.1) is 11.2 Å². The molecular weight excluding hydrogens is 241 g/mol. The number of rotatable bonds is 7. The Morgan fingerprint density at radius 1 is 1.37 bits per heavy atom. The van der Waals surface area contributed by atoms with Gasteiger partial charge in [0.25, 0.3) is 0 Å². The third-order valence-electron chi connectivity index (χ3n) is 3.78. The highest BCUT2D eigenvalue weighted by Gasteiger charge is 2.25. The average molecular weight is 265 g/mol. The predicted octanol–water partition coefficient (Wildman–Crippen LogP) is 3.55. The van der Waals surface area contributed by atoms with E-state index in [0.29, 0.717) is 5.75 Å². The number of nitrogens with one attached hydrogen (secondary N) is 1. The Balaban J connectivity index is 1.86. The number of benzene rings is 1. The van der Waals surface area contributed by atoms with Crippen molar-refractivity contribution in [2.75, 3.05) is 13.7 Å². The second-order valence-electron chi connectivity index (χ2n) is 6.28. The molecule has 3 heteroatoms. The van der Waals surface area contributed by atoms with Crippen LogP contribution >= 0.6 is 0 Å². The number of ether oxygens (including phenoxy) is 1. The highest BCUT2D eigenvalue weighted by atomic mass is 19.1. The molecule has 0 saturated heterocycles. The summed E-state index contributed by atoms with van der Waals surface area (Å²) < 4.78 is 18.9. The zero-order valence-electron chi connectivity index (χ0n) is 12.1. The number of hydrogen-bond acceptors (Lipinski definition) is 2. The fourth-order valence-corrected chi connectivity index (χ4v) is 2.13. The molecule has 0 spiro atoms. The van der Waals surface area contributed by atoms with Gasteiger partial charge in [0, 0.05) is 18.7 Å². The van der Waals surface area contributed by atoms with E-state index in [2.05, 4.69) is 19.2 Å². The van der Waals surface area contributed by atoms with Crippen LogP contribution in [-0.4, -0.2) is 19.7 Å². The van der Waals surface area contributed by atoms with Crippen LogP contribution in [0.15, 0.2) is 18.2 Å². The largest absolute Gasteiger partial charge is 0.497 e. The van der Waals surface area contributed by atoms with Gasteiger partial charge < -0.3 is 10.1 Å². The zero-order valence-corrected chi connectivity index (χ0v) is 12.1. The van der Waals surface area contributed by atoms with Crippen LogP contribution < -0.4 is 10.1 Å². The molecule has 0 heterocycles. The highest BCUT2D eigenvalue weighted by molar-refractivity contribution is 5.29. The lowest BCUT2D eigenvalue weighted by Crippen LogP contribution is -2.31. The molecule has 1 aliphatic rings. The highest BCUT2D eigenvalue weighted by Crippen LogP contribution is 2.26. The summed E-state index contributed by atoms with van der Waals surface area (Å²) in [6.45, 7) is 5.49. The molecule has 0 bridgehead atoms. The van der Waals surface area contributed by atoms with E-state index >= 15 is 0 Å². The van der Waals surface area contributed by atoms with Gasteiger partial charge in [-0.15, -0.1) is 0 Å². The number of hydrogen-bond donors (Lipinski definition) is 1. The quantitative estimate of drug-likeness (QED) is 0.814. The standard InChI is InChI=1S/C16H24FNO/c1-16(2,11-18-13-5-6-13)9-8-12-4-7-14(19-3)10-15(12)17/h4,7,10,13,18H,5-6,8-9,11H2,1-3H3. The van der Waals surface area contributed by atoms with Gasteiger partial charge in [0.15, 0.2) is 0 Å². The number of aryl methyl sites for hydroxylation is 1. The van der Waals surface area contributed by atoms with Crippen molar-refractivity contribution in [3.05, 3.63) is 29.6 Å². The van der Waals surface area contributed by atoms with E-state index in [-0.39, 0.29) is 11.2 Å². The third kappa shape index (κ3) is 4.50. The van der Waals surface area contributed by atoms with E-state index in [1.165, 1.54) is 18.9 Å². The fourth-order valence-electron chi connectivity index (χ4n) is 2.13. The molecule has 1 N–H and O–H groups in total. The van der Waals surface area contributed by atoms with Crippen molar-refractivity contribution in [3.63, 3.8) is 0 Å². The van der Waals surface area contributed by atoms with E-state index in [1.807, 2.05) is 12.1 Å². The lowest BCUT2D eigenvalue weighted by atomic mass is 9.86. The van der Waals surface area contributed by atoms with Crippen molar-refractivity contribution in [2.24, 2.45) is 5.41 Å². The third-order valence-corrected chi connectivity index (χ3v) is 3.78. The predicted molar refractivity (Wildman–Crippen MR) is 76.1 cm³/mol. The van der Waals surface area contributed by atoms with Crippen molar-refractivity contribution in [1.29, 1.82) is 0 Å². The lowest BCUT2D eigenvalue weighted by Gasteiger charge is -2.25. The van der Waals surface area contributed by atoms with Crippen LogP contribution in [0.1, 0.15) is 38.7 Å². The molecule has 1 aliphatic carbocycles. The minimum atomic E-state index is -0.162. The first-order valence-corrected chi connectivity index (χ1v) is 7.06. The molecule has 1 saturated carbocycles. The summed E-state index contributed by atoms with van der Waals surface area (Å²) in [7, 11) is 1.56. The average Bonchev–Trinajstić information content (AvgIpc) is 3.19. The van der Waals surface area contributed by atoms with E-state index in [1.54, 1.807) is 7.11 Å². The molecule has 0 aliphatic heterocycles. The van der Waals surface area contributed by atoms with Gasteiger partial charge in [0.05, 0.1) is 7.11 Å². The summed E-state index contributed by atoms with van der Waals surface area (Å²) in [5.41, 5.74) is 0.981. The van der Waals surface area contributed by atoms with Crippen LogP contribution in [0.3, 0.4) is 0 Å². The lowest BCUT2D eigenvalue weighted by molar-refractivity contribution is 0.312. The van der Waals surface area contributed by atoms with Crippen molar-refractivity contribution in [2.45, 2.75) is 45.6 Å². The molecule has 0 radical (unpaired) electrons. The van der Waals surface area contributed by atoms with Gasteiger partial charge in [-0.25, -0.2) is 4.39 Å². The second kappa shape index (κ2) is 5.91. The smallest absolute Gasteiger partial charge is 0.130 e. The van der Waals surface area contributed by atoms with Gasteiger partial charge in [-0.1, -0.05) is 19.9 Å². The van der Waals surface area contributed by atoms with E-state index in [0.717, 1.165) is 31.0 Å². The summed E-state index contributed by atoms with van der Waals surface area (Å²) >= 11 is 0. The topological polar surface area (TPSA) is 21.3 Å². The van der Waals surface area contributed by atoms with E-state index in [9.17, 15) is 4.39 Å². The first-order valence-electron chi connectivity index (χ1n) is 7.06. The van der Waals surface area contributed by atoms with Gasteiger partial charge >= 0.3 is 0 Å². The second-order valence-corrected chi connectivity index (χ2v) is 6.28. The molecule has 0 atom stereocenters. The monoisotopic (exact) mass is 265 g/mol. The number of methoxy groups -OCH3 is 1. The Bertz CT molecular complexity index is 427. The first-order chi connectivity index (χ1) is 9.00. The molecular formula is C16H24FNO. The molecule has 1 aromatic rings. The fraction of sp³-hybridized carbons (Fsp3) is 0.625. The van der Waals surface area contributed by atoms with E-state index < -0.39 is 0 Å². The molecule has 2 nitrogen and oxygen atoms in total. The molecule has 0 aromatic heterocycles. The van der Waals surface area contributed by atoms with Crippen molar-refractivity contribution in [3.8, 4) is 5.75 Å². The van der Waals surface area contributed by atoms with Gasteiger partial charge in [-0.3, -0.25) is 0 Å². The molecule has 0 amide bonds. The summed E-state index contributed by atoms with van der Waals surface area (Å²) in [4.78, 5) is 0. The zero-order chi connectivity index (χ0) is 13.9. The molecule has 106 valence electrons. The Morgan fingerprint density at radius 2 is 2.11 bits per heavy atom. The summed E-state index contributed by atoms with van der Waals surface area (Å²) in [5.74, 6) is 0.418. The van der Waals surface area contributed by atoms with Gasteiger partial charge in [-0.2, -0.15) is 0 Å². The minimum Gasteiger partial charge on any atom is -0.497 e. The van der Waals surface area contributed by atoms with Gasteiger partial charge in [-0.05, 0) is 42.7 Å². The van der Waals surface area contributed by atoms with Crippen LogP contribution in [-0.2, 0) is 6.42 Å². The van der Waals surface area contributed by atoms with Crippen molar-refractivity contribution >= 4 is 0 Å². The molecule has 1 fully saturated rings. The Hall–Kier alpha value is -1.09. The van der Waals surface area contributed by atoms with Crippen LogP contribution in [0.25, 0.3) is 0 Å². The summed E-state index contributed by atoms with van der Waals surface area (Å²) in [6, 6.07) is 5.86. The van der Waals surface area contributed by atoms with Gasteiger partial charge in [0.2, 0.25) is 0 Å². The van der Waals surface area contributed by atoms with Crippen molar-refractivity contribution in [1.82, 2.24) is 5.32 Å². The summed E-state index contributed by atoms with van der Waals surface area (Å²) in [6.07, 6.45) is 4.37. The van der Waals surface area contributed by atoms with Crippen LogP contribution in [0.2, 0.25) is 0 Å². The molecule has 0 unspecified atom stereocenters. The van der Waals surface area contributed by atoms with Crippen molar-refractivity contribution < 1.29 is 9.13 Å². The van der Waals surface area contributed by atoms with Crippen LogP contribution in [0.5, 0.6) is 5.75 Å². The summed E-state index contributed by atoms with van der Waals surface area (Å²) in [5, 5.41) is 3.55. The normalized spacial score (nSPS) is 15.6. The molecule has 2 rings (SSSR count). The maximum atomic E-state index is 13.8. The Kier molecular flexibility index (Phi) is 4.46. The Labute approximate surface area is 115 Å². The Morgan fingerprint density at radius 3 is 2.68 bits per heavy atom. The molecule has 19 heavy (non-hydrogen) atoms. The van der Waals surface area contributed by atoms with Gasteiger partial charge in [0.1, 0.15) is 11.6 Å². The SMILES string of the molecule is COc1ccc(CCC(C)(C)CNC2CC2)c(F)c1. The van der Waals surface area contributed by atoms with E-state index in [4.69, 9.17) is 4.74 Å². The number of halogens is 1. The first kappa shape index (κ1) is 14.3. The van der Waals surface area contributed by atoms with Crippen LogP contribution in [0.4, 0.5) is 4.39 Å².